The number of thioether (sulfide) groups is 1. The molecule has 0 aliphatic heterocycles. The molecule has 0 aliphatic carbocycles. The number of benzene rings is 1. The Labute approximate surface area is 118 Å². The van der Waals surface area contributed by atoms with Gasteiger partial charge in [0, 0.05) is 24.3 Å². The smallest absolute Gasteiger partial charge is 0.240 e. The summed E-state index contributed by atoms with van der Waals surface area (Å²) in [5.41, 5.74) is 0.626. The Bertz CT molecular complexity index is 559. The van der Waals surface area contributed by atoms with Crippen molar-refractivity contribution in [2.75, 3.05) is 25.2 Å². The van der Waals surface area contributed by atoms with E-state index in [0.717, 1.165) is 5.75 Å². The molecule has 0 radical (unpaired) electrons. The van der Waals surface area contributed by atoms with E-state index in [1.165, 1.54) is 6.07 Å². The van der Waals surface area contributed by atoms with Gasteiger partial charge >= 0.3 is 0 Å². The molecule has 0 aliphatic rings. The normalized spacial score (nSPS) is 10.8. The highest BCUT2D eigenvalue weighted by Crippen LogP contribution is 2.10. The zero-order chi connectivity index (χ0) is 14.1. The minimum absolute atomic E-state index is 0.00122. The maximum Gasteiger partial charge on any atom is 0.240 e. The fraction of sp³-hybridized carbons (Fsp3) is 0.385. The maximum atomic E-state index is 12.0. The third kappa shape index (κ3) is 5.66. The summed E-state index contributed by atoms with van der Waals surface area (Å²) in [6.45, 7) is 0.408. The second-order valence-corrected chi connectivity index (χ2v) is 6.45. The van der Waals surface area contributed by atoms with E-state index in [9.17, 15) is 8.42 Å². The van der Waals surface area contributed by atoms with Gasteiger partial charge in [-0.15, -0.1) is 0 Å². The topological polar surface area (TPSA) is 66.4 Å². The summed E-state index contributed by atoms with van der Waals surface area (Å²) >= 11 is 1.58. The molecule has 4 nitrogen and oxygen atoms in total. The number of hydrogen-bond donors (Lipinski definition) is 2. The molecule has 104 valence electrons. The van der Waals surface area contributed by atoms with E-state index >= 15 is 0 Å². The Morgan fingerprint density at radius 2 is 2.21 bits per heavy atom. The quantitative estimate of drug-likeness (QED) is 0.609. The Balaban J connectivity index is 2.84. The standard InChI is InChI=1S/C13H17NO3S2/c1-18-10-8-14-19(16,17)13-7-4-6-12(11-13)5-2-3-9-15/h4,6-7,11,14-15H,3,8-10H2,1H3. The molecule has 1 rings (SSSR count). The molecule has 1 aromatic rings. The van der Waals surface area contributed by atoms with Crippen LogP contribution in [0.15, 0.2) is 29.2 Å². The lowest BCUT2D eigenvalue weighted by atomic mass is 10.2. The van der Waals surface area contributed by atoms with Crippen LogP contribution >= 0.6 is 11.8 Å². The number of sulfonamides is 1. The van der Waals surface area contributed by atoms with Crippen LogP contribution in [-0.2, 0) is 10.0 Å². The first-order valence-electron chi connectivity index (χ1n) is 5.78. The third-order valence-electron chi connectivity index (χ3n) is 2.21. The summed E-state index contributed by atoms with van der Waals surface area (Å²) < 4.78 is 26.5. The predicted octanol–water partition coefficient (Wildman–Crippen LogP) is 1.06. The third-order valence-corrected chi connectivity index (χ3v) is 4.28. The molecular weight excluding hydrogens is 282 g/mol. The molecule has 2 N–H and O–H groups in total. The van der Waals surface area contributed by atoms with Crippen LogP contribution in [0.3, 0.4) is 0 Å². The van der Waals surface area contributed by atoms with E-state index in [1.54, 1.807) is 30.0 Å². The van der Waals surface area contributed by atoms with Crippen molar-refractivity contribution in [3.05, 3.63) is 29.8 Å². The van der Waals surface area contributed by atoms with Gasteiger partial charge in [-0.05, 0) is 24.5 Å². The number of aliphatic hydroxyl groups is 1. The van der Waals surface area contributed by atoms with E-state index < -0.39 is 10.0 Å². The average Bonchev–Trinajstić information content (AvgIpc) is 2.40. The van der Waals surface area contributed by atoms with Crippen molar-refractivity contribution in [1.29, 1.82) is 0 Å². The van der Waals surface area contributed by atoms with E-state index in [0.29, 0.717) is 18.5 Å². The van der Waals surface area contributed by atoms with E-state index in [4.69, 9.17) is 5.11 Å². The molecule has 1 aromatic carbocycles. The molecular formula is C13H17NO3S2. The Hall–Kier alpha value is -1.00. The molecule has 0 aromatic heterocycles. The van der Waals surface area contributed by atoms with Crippen molar-refractivity contribution in [1.82, 2.24) is 4.72 Å². The first-order chi connectivity index (χ1) is 9.10. The van der Waals surface area contributed by atoms with Crippen LogP contribution in [0, 0.1) is 11.8 Å². The van der Waals surface area contributed by atoms with E-state index in [-0.39, 0.29) is 11.5 Å². The van der Waals surface area contributed by atoms with Gasteiger partial charge in [0.25, 0.3) is 0 Å². The first-order valence-corrected chi connectivity index (χ1v) is 8.66. The summed E-state index contributed by atoms with van der Waals surface area (Å²) in [4.78, 5) is 0.212. The second kappa shape index (κ2) is 8.23. The van der Waals surface area contributed by atoms with Gasteiger partial charge < -0.3 is 5.11 Å². The molecule has 19 heavy (non-hydrogen) atoms. The fourth-order valence-electron chi connectivity index (χ4n) is 1.32. The highest BCUT2D eigenvalue weighted by Gasteiger charge is 2.12. The van der Waals surface area contributed by atoms with Crippen molar-refractivity contribution < 1.29 is 13.5 Å². The molecule has 0 fully saturated rings. The van der Waals surface area contributed by atoms with Gasteiger partial charge in [0.05, 0.1) is 11.5 Å². The summed E-state index contributed by atoms with van der Waals surface area (Å²) in [5, 5.41) is 8.64. The van der Waals surface area contributed by atoms with Gasteiger partial charge in [0.15, 0.2) is 0 Å². The van der Waals surface area contributed by atoms with Crippen molar-refractivity contribution in [2.24, 2.45) is 0 Å². The lowest BCUT2D eigenvalue weighted by Gasteiger charge is -2.06. The summed E-state index contributed by atoms with van der Waals surface area (Å²) in [6.07, 6.45) is 2.30. The van der Waals surface area contributed by atoms with Crippen molar-refractivity contribution >= 4 is 21.8 Å². The van der Waals surface area contributed by atoms with Crippen LogP contribution in [0.25, 0.3) is 0 Å². The van der Waals surface area contributed by atoms with Crippen molar-refractivity contribution in [3.63, 3.8) is 0 Å². The van der Waals surface area contributed by atoms with Crippen LogP contribution in [-0.4, -0.2) is 38.7 Å². The zero-order valence-electron chi connectivity index (χ0n) is 10.7. The van der Waals surface area contributed by atoms with Gasteiger partial charge in [-0.1, -0.05) is 17.9 Å². The lowest BCUT2D eigenvalue weighted by Crippen LogP contribution is -2.26. The monoisotopic (exact) mass is 299 g/mol. The summed E-state index contributed by atoms with van der Waals surface area (Å²) in [5.74, 6) is 6.31. The summed E-state index contributed by atoms with van der Waals surface area (Å²) in [6, 6.07) is 6.47. The van der Waals surface area contributed by atoms with Gasteiger partial charge in [-0.25, -0.2) is 13.1 Å². The highest BCUT2D eigenvalue weighted by atomic mass is 32.2. The number of rotatable bonds is 6. The first kappa shape index (κ1) is 16.1. The number of hydrogen-bond acceptors (Lipinski definition) is 4. The van der Waals surface area contributed by atoms with Gasteiger partial charge in [0.1, 0.15) is 0 Å². The Morgan fingerprint density at radius 3 is 2.89 bits per heavy atom. The van der Waals surface area contributed by atoms with Gasteiger partial charge in [0.2, 0.25) is 10.0 Å². The minimum atomic E-state index is -3.47. The van der Waals surface area contributed by atoms with Crippen molar-refractivity contribution in [3.8, 4) is 11.8 Å². The predicted molar refractivity (Wildman–Crippen MR) is 78.6 cm³/mol. The molecule has 6 heteroatoms. The number of nitrogens with one attached hydrogen (secondary N) is 1. The average molecular weight is 299 g/mol. The minimum Gasteiger partial charge on any atom is -0.395 e. The Morgan fingerprint density at radius 1 is 1.42 bits per heavy atom. The SMILES string of the molecule is CSCCNS(=O)(=O)c1cccc(C#CCCO)c1. The zero-order valence-corrected chi connectivity index (χ0v) is 12.4. The largest absolute Gasteiger partial charge is 0.395 e. The fourth-order valence-corrected chi connectivity index (χ4v) is 2.84. The van der Waals surface area contributed by atoms with E-state index in [2.05, 4.69) is 16.6 Å². The maximum absolute atomic E-state index is 12.0. The molecule has 0 amide bonds. The molecule has 0 spiro atoms. The van der Waals surface area contributed by atoms with Gasteiger partial charge in [-0.3, -0.25) is 0 Å². The number of aliphatic hydroxyl groups excluding tert-OH is 1. The Kier molecular flexibility index (Phi) is 6.95. The molecule has 0 heterocycles. The van der Waals surface area contributed by atoms with Crippen molar-refractivity contribution in [2.45, 2.75) is 11.3 Å². The molecule has 0 saturated heterocycles. The van der Waals surface area contributed by atoms with E-state index in [1.807, 2.05) is 6.26 Å². The molecule has 0 unspecified atom stereocenters. The molecule has 0 bridgehead atoms. The second-order valence-electron chi connectivity index (χ2n) is 3.69. The molecule has 0 saturated carbocycles. The molecule has 0 atom stereocenters. The van der Waals surface area contributed by atoms with Crippen LogP contribution in [0.2, 0.25) is 0 Å². The summed E-state index contributed by atoms with van der Waals surface area (Å²) in [7, 11) is -3.47. The lowest BCUT2D eigenvalue weighted by molar-refractivity contribution is 0.305. The van der Waals surface area contributed by atoms with Gasteiger partial charge in [-0.2, -0.15) is 11.8 Å². The van der Waals surface area contributed by atoms with Crippen LogP contribution in [0.1, 0.15) is 12.0 Å². The van der Waals surface area contributed by atoms with Crippen LogP contribution in [0.5, 0.6) is 0 Å². The van der Waals surface area contributed by atoms with Crippen LogP contribution in [0.4, 0.5) is 0 Å². The van der Waals surface area contributed by atoms with Crippen LogP contribution < -0.4 is 4.72 Å². The highest BCUT2D eigenvalue weighted by molar-refractivity contribution is 7.98.